The summed E-state index contributed by atoms with van der Waals surface area (Å²) in [6.07, 6.45) is 20.7. The van der Waals surface area contributed by atoms with Gasteiger partial charge in [-0.05, 0) is 32.1 Å². The Bertz CT molecular complexity index is 441. The Hall–Kier alpha value is -0.680. The molecule has 0 aliphatic heterocycles. The number of rotatable bonds is 18. The van der Waals surface area contributed by atoms with Crippen molar-refractivity contribution >= 4 is 15.9 Å². The third kappa shape index (κ3) is 21.3. The lowest BCUT2D eigenvalue weighted by Gasteiger charge is -2.01. The first kappa shape index (κ1) is 24.3. The van der Waals surface area contributed by atoms with Crippen molar-refractivity contribution in [1.29, 1.82) is 0 Å². The van der Waals surface area contributed by atoms with Gasteiger partial charge in [0.15, 0.2) is 0 Å². The van der Waals surface area contributed by atoms with Gasteiger partial charge in [-0.2, -0.15) is 8.42 Å². The number of hydrogen-bond acceptors (Lipinski definition) is 3. The normalized spacial score (nSPS) is 12.1. The highest BCUT2D eigenvalue weighted by molar-refractivity contribution is 7.85. The Morgan fingerprint density at radius 3 is 1.76 bits per heavy atom. The van der Waals surface area contributed by atoms with E-state index in [9.17, 15) is 13.2 Å². The maximum absolute atomic E-state index is 11.4. The highest BCUT2D eigenvalue weighted by Gasteiger charge is 2.09. The van der Waals surface area contributed by atoms with Gasteiger partial charge < -0.3 is 0 Å². The molecule has 0 radical (unpaired) electrons. The Kier molecular flexibility index (Phi) is 16.3. The average Bonchev–Trinajstić information content (AvgIpc) is 2.56. The topological polar surface area (TPSA) is 71.4 Å². The first-order chi connectivity index (χ1) is 12.0. The van der Waals surface area contributed by atoms with Crippen LogP contribution >= 0.6 is 0 Å². The van der Waals surface area contributed by atoms with E-state index in [1.807, 2.05) is 0 Å². The molecule has 0 aliphatic rings. The zero-order valence-electron chi connectivity index (χ0n) is 16.0. The molecule has 0 aromatic rings. The molecule has 0 bridgehead atoms. The summed E-state index contributed by atoms with van der Waals surface area (Å²) in [6, 6.07) is 0. The van der Waals surface area contributed by atoms with Crippen molar-refractivity contribution in [3.63, 3.8) is 0 Å². The predicted octanol–water partition coefficient (Wildman–Crippen LogP) is 5.87. The van der Waals surface area contributed by atoms with Gasteiger partial charge in [-0.25, -0.2) is 0 Å². The zero-order chi connectivity index (χ0) is 18.8. The minimum Gasteiger partial charge on any atom is -0.300 e. The summed E-state index contributed by atoms with van der Waals surface area (Å²) in [4.78, 5) is 11.4. The van der Waals surface area contributed by atoms with Crippen LogP contribution in [0.2, 0.25) is 0 Å². The predicted molar refractivity (Wildman–Crippen MR) is 105 cm³/mol. The maximum atomic E-state index is 11.4. The largest absolute Gasteiger partial charge is 0.300 e. The molecule has 4 nitrogen and oxygen atoms in total. The van der Waals surface area contributed by atoms with E-state index in [2.05, 4.69) is 19.1 Å². The first-order valence-electron chi connectivity index (χ1n) is 10.1. The molecule has 0 aromatic carbocycles. The zero-order valence-corrected chi connectivity index (χ0v) is 16.9. The van der Waals surface area contributed by atoms with Gasteiger partial charge in [0.1, 0.15) is 5.78 Å². The Morgan fingerprint density at radius 1 is 0.760 bits per heavy atom. The number of carbonyl (C=O) groups is 1. The van der Waals surface area contributed by atoms with Crippen molar-refractivity contribution in [2.24, 2.45) is 0 Å². The molecule has 25 heavy (non-hydrogen) atoms. The third-order valence-electron chi connectivity index (χ3n) is 4.36. The van der Waals surface area contributed by atoms with Crippen LogP contribution in [0.15, 0.2) is 12.2 Å². The van der Waals surface area contributed by atoms with Crippen LogP contribution in [0.5, 0.6) is 0 Å². The summed E-state index contributed by atoms with van der Waals surface area (Å²) in [5.74, 6) is -0.521. The van der Waals surface area contributed by atoms with Gasteiger partial charge in [0.2, 0.25) is 0 Å². The van der Waals surface area contributed by atoms with Gasteiger partial charge in [0, 0.05) is 12.8 Å². The van der Waals surface area contributed by atoms with Gasteiger partial charge in [-0.15, -0.1) is 0 Å². The number of carbonyl (C=O) groups excluding carboxylic acids is 1. The molecule has 0 aromatic heterocycles. The Labute approximate surface area is 155 Å². The van der Waals surface area contributed by atoms with E-state index in [-0.39, 0.29) is 12.2 Å². The molecular weight excluding hydrogens is 336 g/mol. The van der Waals surface area contributed by atoms with Gasteiger partial charge in [0.25, 0.3) is 10.1 Å². The molecule has 0 rings (SSSR count). The van der Waals surface area contributed by atoms with Crippen LogP contribution in [-0.4, -0.2) is 24.5 Å². The van der Waals surface area contributed by atoms with Crippen LogP contribution in [0.25, 0.3) is 0 Å². The minimum absolute atomic E-state index is 0.0672. The van der Waals surface area contributed by atoms with E-state index < -0.39 is 15.9 Å². The molecule has 0 fully saturated rings. The lowest BCUT2D eigenvalue weighted by molar-refractivity contribution is -0.118. The maximum Gasteiger partial charge on any atom is 0.265 e. The standard InChI is InChI=1S/C20H38O4S/c1-2-3-4-5-6-7-8-9-10-11-12-13-14-15-16-17-20(21)18-19-25(22,23)24/h9-10H,2-8,11-19H2,1H3,(H,22,23,24). The number of hydrogen-bond donors (Lipinski definition) is 1. The average molecular weight is 375 g/mol. The van der Waals surface area contributed by atoms with Crippen LogP contribution in [0, 0.1) is 0 Å². The molecule has 1 N–H and O–H groups in total. The third-order valence-corrected chi connectivity index (χ3v) is 5.08. The van der Waals surface area contributed by atoms with Crippen LogP contribution in [-0.2, 0) is 14.9 Å². The molecule has 148 valence electrons. The Morgan fingerprint density at radius 2 is 1.24 bits per heavy atom. The van der Waals surface area contributed by atoms with E-state index in [1.165, 1.54) is 57.8 Å². The van der Waals surface area contributed by atoms with Crippen molar-refractivity contribution in [2.75, 3.05) is 5.75 Å². The Balaban J connectivity index is 3.28. The highest BCUT2D eigenvalue weighted by atomic mass is 32.2. The summed E-state index contributed by atoms with van der Waals surface area (Å²) >= 11 is 0. The molecule has 0 amide bonds. The molecular formula is C20H38O4S. The second-order valence-electron chi connectivity index (χ2n) is 6.91. The molecule has 0 saturated carbocycles. The highest BCUT2D eigenvalue weighted by Crippen LogP contribution is 2.10. The van der Waals surface area contributed by atoms with E-state index in [1.54, 1.807) is 0 Å². The van der Waals surface area contributed by atoms with Crippen LogP contribution < -0.4 is 0 Å². The summed E-state index contributed by atoms with van der Waals surface area (Å²) in [7, 11) is -4.01. The minimum atomic E-state index is -4.01. The number of ketones is 1. The van der Waals surface area contributed by atoms with Gasteiger partial charge >= 0.3 is 0 Å². The summed E-state index contributed by atoms with van der Waals surface area (Å²) in [5, 5.41) is 0. The van der Waals surface area contributed by atoms with Crippen molar-refractivity contribution in [2.45, 2.75) is 103 Å². The number of unbranched alkanes of at least 4 members (excludes halogenated alkanes) is 11. The number of allylic oxidation sites excluding steroid dienone is 2. The lowest BCUT2D eigenvalue weighted by Crippen LogP contribution is -2.09. The van der Waals surface area contributed by atoms with E-state index in [0.717, 1.165) is 25.7 Å². The van der Waals surface area contributed by atoms with Gasteiger partial charge in [0.05, 0.1) is 5.75 Å². The fourth-order valence-electron chi connectivity index (χ4n) is 2.76. The van der Waals surface area contributed by atoms with Gasteiger partial charge in [-0.1, -0.05) is 70.4 Å². The summed E-state index contributed by atoms with van der Waals surface area (Å²) in [6.45, 7) is 2.25. The van der Waals surface area contributed by atoms with Crippen molar-refractivity contribution < 1.29 is 17.8 Å². The molecule has 0 aliphatic carbocycles. The van der Waals surface area contributed by atoms with Gasteiger partial charge in [-0.3, -0.25) is 9.35 Å². The quantitative estimate of drug-likeness (QED) is 0.185. The van der Waals surface area contributed by atoms with Crippen molar-refractivity contribution in [3.05, 3.63) is 12.2 Å². The molecule has 0 unspecified atom stereocenters. The molecule has 0 saturated heterocycles. The SMILES string of the molecule is CCCCCCCCC=CCCCCCCCC(=O)CCS(=O)(=O)O. The first-order valence-corrected chi connectivity index (χ1v) is 11.7. The van der Waals surface area contributed by atoms with Crippen molar-refractivity contribution in [3.8, 4) is 0 Å². The molecule has 0 atom stereocenters. The second-order valence-corrected chi connectivity index (χ2v) is 8.48. The van der Waals surface area contributed by atoms with Crippen LogP contribution in [0.3, 0.4) is 0 Å². The lowest BCUT2D eigenvalue weighted by atomic mass is 10.1. The van der Waals surface area contributed by atoms with Crippen LogP contribution in [0.4, 0.5) is 0 Å². The van der Waals surface area contributed by atoms with E-state index in [0.29, 0.717) is 6.42 Å². The van der Waals surface area contributed by atoms with Crippen molar-refractivity contribution in [1.82, 2.24) is 0 Å². The number of Topliss-reactive ketones (excluding diaryl/α,β-unsaturated/α-hetero) is 1. The molecule has 0 spiro atoms. The summed E-state index contributed by atoms with van der Waals surface area (Å²) < 4.78 is 29.7. The summed E-state index contributed by atoms with van der Waals surface area (Å²) in [5.41, 5.74) is 0. The smallest absolute Gasteiger partial charge is 0.265 e. The monoisotopic (exact) mass is 374 g/mol. The molecule has 0 heterocycles. The van der Waals surface area contributed by atoms with E-state index >= 15 is 0 Å². The second kappa shape index (κ2) is 16.8. The fraction of sp³-hybridized carbons (Fsp3) is 0.850. The fourth-order valence-corrected chi connectivity index (χ4v) is 3.25. The van der Waals surface area contributed by atoms with E-state index in [4.69, 9.17) is 4.55 Å². The molecule has 5 heteroatoms. The van der Waals surface area contributed by atoms with Crippen LogP contribution in [0.1, 0.15) is 103 Å².